The molecule has 0 amide bonds. The monoisotopic (exact) mass is 238 g/mol. The third kappa shape index (κ3) is 4.88. The van der Waals surface area contributed by atoms with E-state index in [1.54, 1.807) is 0 Å². The van der Waals surface area contributed by atoms with Crippen LogP contribution in [0.1, 0.15) is 65.0 Å². The van der Waals surface area contributed by atoms with Crippen LogP contribution in [0.3, 0.4) is 0 Å². The van der Waals surface area contributed by atoms with Gasteiger partial charge in [0.05, 0.1) is 5.21 Å². The summed E-state index contributed by atoms with van der Waals surface area (Å²) in [4.78, 5) is 0. The molecule has 0 saturated carbocycles. The van der Waals surface area contributed by atoms with Crippen molar-refractivity contribution in [1.82, 2.24) is 9.90 Å². The molecule has 0 atom stereocenters. The van der Waals surface area contributed by atoms with Crippen molar-refractivity contribution in [2.75, 3.05) is 0 Å². The first-order valence-electron chi connectivity index (χ1n) is 7.28. The predicted octanol–water partition coefficient (Wildman–Crippen LogP) is 3.11. The molecule has 0 fully saturated rings. The van der Waals surface area contributed by atoms with Crippen LogP contribution in [0.5, 0.6) is 0 Å². The van der Waals surface area contributed by atoms with E-state index in [4.69, 9.17) is 0 Å². The van der Waals surface area contributed by atoms with Crippen molar-refractivity contribution in [3.63, 3.8) is 0 Å². The Morgan fingerprint density at radius 1 is 1.06 bits per heavy atom. The van der Waals surface area contributed by atoms with E-state index < -0.39 is 0 Å². The molecule has 17 heavy (non-hydrogen) atoms. The van der Waals surface area contributed by atoms with E-state index in [9.17, 15) is 0 Å². The lowest BCUT2D eigenvalue weighted by Gasteiger charge is -1.96. The molecule has 0 N–H and O–H groups in total. The molecule has 0 aliphatic heterocycles. The van der Waals surface area contributed by atoms with Gasteiger partial charge in [0.2, 0.25) is 0 Å². The molecule has 98 valence electrons. The lowest BCUT2D eigenvalue weighted by molar-refractivity contribution is -0.755. The summed E-state index contributed by atoms with van der Waals surface area (Å²) in [5.41, 5.74) is 1.41. The highest BCUT2D eigenvalue weighted by Gasteiger charge is 2.14. The molecular weight excluding hydrogens is 210 g/mol. The van der Waals surface area contributed by atoms with Crippen molar-refractivity contribution in [2.45, 2.75) is 78.8 Å². The van der Waals surface area contributed by atoms with E-state index in [-0.39, 0.29) is 0 Å². The van der Waals surface area contributed by atoms with Gasteiger partial charge in [0.15, 0.2) is 11.9 Å². The molecule has 1 aromatic rings. The van der Waals surface area contributed by atoms with Crippen molar-refractivity contribution < 1.29 is 4.68 Å². The summed E-state index contributed by atoms with van der Waals surface area (Å²) >= 11 is 0. The summed E-state index contributed by atoms with van der Waals surface area (Å²) in [5, 5.41) is 4.67. The molecule has 0 unspecified atom stereocenters. The van der Waals surface area contributed by atoms with Gasteiger partial charge in [-0.2, -0.15) is 0 Å². The average Bonchev–Trinajstić information content (AvgIpc) is 2.73. The first-order valence-corrected chi connectivity index (χ1v) is 7.28. The molecule has 0 saturated heterocycles. The Labute approximate surface area is 106 Å². The van der Waals surface area contributed by atoms with Crippen molar-refractivity contribution in [3.05, 3.63) is 11.9 Å². The zero-order valence-corrected chi connectivity index (χ0v) is 11.8. The molecule has 0 aromatic carbocycles. The minimum atomic E-state index is 1.06. The summed E-state index contributed by atoms with van der Waals surface area (Å²) in [6.07, 6.45) is 10.9. The number of aromatic nitrogens is 3. The van der Waals surface area contributed by atoms with E-state index in [0.717, 1.165) is 13.1 Å². The van der Waals surface area contributed by atoms with Crippen LogP contribution in [0.15, 0.2) is 6.20 Å². The van der Waals surface area contributed by atoms with Gasteiger partial charge >= 0.3 is 0 Å². The van der Waals surface area contributed by atoms with Gasteiger partial charge in [0.1, 0.15) is 13.1 Å². The predicted molar refractivity (Wildman–Crippen MR) is 70.9 cm³/mol. The fourth-order valence-corrected chi connectivity index (χ4v) is 1.94. The van der Waals surface area contributed by atoms with Gasteiger partial charge in [0.25, 0.3) is 0 Å². The maximum atomic E-state index is 4.67. The minimum Gasteiger partial charge on any atom is -0.137 e. The molecule has 0 radical (unpaired) electrons. The topological polar surface area (TPSA) is 21.7 Å². The Balaban J connectivity index is 2.64. The summed E-state index contributed by atoms with van der Waals surface area (Å²) in [7, 11) is 0. The van der Waals surface area contributed by atoms with Crippen molar-refractivity contribution in [3.8, 4) is 0 Å². The SMILES string of the molecule is CCCCc1c[n+](CCCC)nn1CCCC. The number of hydrogen-bond donors (Lipinski definition) is 0. The van der Waals surface area contributed by atoms with Crippen molar-refractivity contribution >= 4 is 0 Å². The molecule has 1 heterocycles. The van der Waals surface area contributed by atoms with Crippen LogP contribution in [0.2, 0.25) is 0 Å². The fourth-order valence-electron chi connectivity index (χ4n) is 1.94. The molecule has 1 rings (SSSR count). The summed E-state index contributed by atoms with van der Waals surface area (Å²) in [5.74, 6) is 0. The van der Waals surface area contributed by atoms with Crippen LogP contribution < -0.4 is 4.68 Å². The van der Waals surface area contributed by atoms with E-state index in [0.29, 0.717) is 0 Å². The second kappa shape index (κ2) is 8.26. The Kier molecular flexibility index (Phi) is 6.90. The maximum absolute atomic E-state index is 4.67. The van der Waals surface area contributed by atoms with Crippen LogP contribution in [0, 0.1) is 0 Å². The summed E-state index contributed by atoms with van der Waals surface area (Å²) < 4.78 is 4.35. The highest BCUT2D eigenvalue weighted by Crippen LogP contribution is 2.04. The second-order valence-electron chi connectivity index (χ2n) is 4.81. The Bertz CT molecular complexity index is 279. The third-order valence-corrected chi connectivity index (χ3v) is 3.10. The van der Waals surface area contributed by atoms with Gasteiger partial charge in [0, 0.05) is 6.42 Å². The Hall–Kier alpha value is -0.860. The normalized spacial score (nSPS) is 11.0. The number of nitrogens with zero attached hydrogens (tertiary/aromatic N) is 3. The van der Waals surface area contributed by atoms with Gasteiger partial charge in [-0.05, 0) is 19.3 Å². The van der Waals surface area contributed by atoms with Gasteiger partial charge in [-0.15, -0.1) is 9.36 Å². The highest BCUT2D eigenvalue weighted by molar-refractivity contribution is 4.90. The number of hydrogen-bond acceptors (Lipinski definition) is 1. The molecule has 0 spiro atoms. The highest BCUT2D eigenvalue weighted by atomic mass is 15.5. The molecular formula is C14H28N3+. The standard InChI is InChI=1S/C14H28N3/c1-4-7-10-14-13-16(11-8-5-2)15-17(14)12-9-6-3/h13H,4-12H2,1-3H3/q+1. The quantitative estimate of drug-likeness (QED) is 0.606. The third-order valence-electron chi connectivity index (χ3n) is 3.10. The van der Waals surface area contributed by atoms with E-state index in [1.807, 2.05) is 0 Å². The molecule has 3 nitrogen and oxygen atoms in total. The van der Waals surface area contributed by atoms with E-state index in [2.05, 4.69) is 41.5 Å². The number of unbranched alkanes of at least 4 members (excludes halogenated alkanes) is 3. The maximum Gasteiger partial charge on any atom is 0.167 e. The van der Waals surface area contributed by atoms with Crippen molar-refractivity contribution in [2.24, 2.45) is 0 Å². The summed E-state index contributed by atoms with van der Waals surface area (Å²) in [6, 6.07) is 0. The minimum absolute atomic E-state index is 1.06. The molecule has 3 heteroatoms. The smallest absolute Gasteiger partial charge is 0.137 e. The van der Waals surface area contributed by atoms with E-state index >= 15 is 0 Å². The van der Waals surface area contributed by atoms with Gasteiger partial charge in [-0.1, -0.05) is 40.0 Å². The molecule has 0 aliphatic rings. The molecule has 1 aromatic heterocycles. The number of aryl methyl sites for hydroxylation is 3. The zero-order chi connectivity index (χ0) is 12.5. The van der Waals surface area contributed by atoms with Crippen LogP contribution in [0.25, 0.3) is 0 Å². The molecule has 0 aliphatic carbocycles. The lowest BCUT2D eigenvalue weighted by Crippen LogP contribution is -2.36. The fraction of sp³-hybridized carbons (Fsp3) is 0.857. The molecule has 0 bridgehead atoms. The van der Waals surface area contributed by atoms with Crippen molar-refractivity contribution in [1.29, 1.82) is 0 Å². The number of rotatable bonds is 9. The van der Waals surface area contributed by atoms with Crippen LogP contribution in [-0.4, -0.2) is 9.90 Å². The Morgan fingerprint density at radius 2 is 1.76 bits per heavy atom. The largest absolute Gasteiger partial charge is 0.167 e. The first kappa shape index (κ1) is 14.2. The van der Waals surface area contributed by atoms with Gasteiger partial charge < -0.3 is 0 Å². The lowest BCUT2D eigenvalue weighted by atomic mass is 10.2. The second-order valence-corrected chi connectivity index (χ2v) is 4.81. The summed E-state index contributed by atoms with van der Waals surface area (Å²) in [6.45, 7) is 8.86. The first-order chi connectivity index (χ1) is 8.31. The van der Waals surface area contributed by atoms with Crippen LogP contribution in [-0.2, 0) is 19.5 Å². The zero-order valence-electron chi connectivity index (χ0n) is 11.8. The van der Waals surface area contributed by atoms with Crippen LogP contribution in [0.4, 0.5) is 0 Å². The van der Waals surface area contributed by atoms with Gasteiger partial charge in [-0.25, -0.2) is 0 Å². The van der Waals surface area contributed by atoms with Crippen LogP contribution >= 0.6 is 0 Å². The van der Waals surface area contributed by atoms with E-state index in [1.165, 1.54) is 50.6 Å². The Morgan fingerprint density at radius 3 is 2.41 bits per heavy atom. The van der Waals surface area contributed by atoms with Gasteiger partial charge in [-0.3, -0.25) is 0 Å². The average molecular weight is 238 g/mol.